The van der Waals surface area contributed by atoms with Gasteiger partial charge >= 0.3 is 5.97 Å². The lowest BCUT2D eigenvalue weighted by Gasteiger charge is -2.15. The summed E-state index contributed by atoms with van der Waals surface area (Å²) in [4.78, 5) is 27.5. The van der Waals surface area contributed by atoms with Gasteiger partial charge in [-0.25, -0.2) is 4.79 Å². The van der Waals surface area contributed by atoms with Crippen molar-refractivity contribution in [1.82, 2.24) is 10.6 Å². The van der Waals surface area contributed by atoms with Crippen LogP contribution in [0.4, 0.5) is 0 Å². The number of hydrogen-bond donors (Lipinski definition) is 4. The SMILES string of the molecule is C/C=C(\NCc1ccc(Cl)c(Cl)c1)NC(=O)C(=NC(C)C(=O)O)C(C)=CN. The van der Waals surface area contributed by atoms with Crippen molar-refractivity contribution in [3.8, 4) is 0 Å². The van der Waals surface area contributed by atoms with Gasteiger partial charge in [0, 0.05) is 6.54 Å². The molecule has 7 nitrogen and oxygen atoms in total. The van der Waals surface area contributed by atoms with Gasteiger partial charge in [-0.1, -0.05) is 29.3 Å². The number of amides is 1. The maximum absolute atomic E-state index is 12.5. The highest BCUT2D eigenvalue weighted by Crippen LogP contribution is 2.22. The summed E-state index contributed by atoms with van der Waals surface area (Å²) in [7, 11) is 0. The molecule has 146 valence electrons. The number of aliphatic carboxylic acids is 1. The summed E-state index contributed by atoms with van der Waals surface area (Å²) in [6, 6.07) is 4.12. The summed E-state index contributed by atoms with van der Waals surface area (Å²) in [6.07, 6.45) is 2.86. The zero-order chi connectivity index (χ0) is 20.6. The Balaban J connectivity index is 2.88. The number of nitrogens with two attached hydrogens (primary N) is 1. The summed E-state index contributed by atoms with van der Waals surface area (Å²) in [5.74, 6) is -1.29. The van der Waals surface area contributed by atoms with E-state index in [1.807, 2.05) is 0 Å². The highest BCUT2D eigenvalue weighted by Gasteiger charge is 2.18. The van der Waals surface area contributed by atoms with E-state index in [9.17, 15) is 9.59 Å². The van der Waals surface area contributed by atoms with Gasteiger partial charge in [0.05, 0.1) is 10.0 Å². The molecule has 0 fully saturated rings. The van der Waals surface area contributed by atoms with Gasteiger partial charge in [-0.05, 0) is 56.3 Å². The normalized spacial score (nSPS) is 13.9. The van der Waals surface area contributed by atoms with E-state index in [0.717, 1.165) is 5.56 Å². The minimum Gasteiger partial charge on any atom is -0.480 e. The third-order valence-corrected chi connectivity index (χ3v) is 4.26. The molecule has 0 spiro atoms. The average molecular weight is 413 g/mol. The van der Waals surface area contributed by atoms with Crippen molar-refractivity contribution in [3.63, 3.8) is 0 Å². The maximum atomic E-state index is 12.5. The van der Waals surface area contributed by atoms with Crippen LogP contribution in [0.5, 0.6) is 0 Å². The van der Waals surface area contributed by atoms with Crippen molar-refractivity contribution in [2.75, 3.05) is 0 Å². The lowest BCUT2D eigenvalue weighted by molar-refractivity contribution is -0.137. The quantitative estimate of drug-likeness (QED) is 0.489. The van der Waals surface area contributed by atoms with Crippen LogP contribution in [0.15, 0.2) is 46.9 Å². The molecule has 1 atom stereocenters. The van der Waals surface area contributed by atoms with E-state index in [-0.39, 0.29) is 5.71 Å². The zero-order valence-electron chi connectivity index (χ0n) is 15.2. The molecule has 0 aliphatic carbocycles. The Kier molecular flexibility index (Phi) is 8.84. The summed E-state index contributed by atoms with van der Waals surface area (Å²) < 4.78 is 0. The molecule has 0 saturated heterocycles. The number of carboxylic acids is 1. The van der Waals surface area contributed by atoms with E-state index in [2.05, 4.69) is 15.6 Å². The highest BCUT2D eigenvalue weighted by atomic mass is 35.5. The highest BCUT2D eigenvalue weighted by molar-refractivity contribution is 6.45. The van der Waals surface area contributed by atoms with Gasteiger partial charge in [0.2, 0.25) is 0 Å². The van der Waals surface area contributed by atoms with E-state index in [0.29, 0.717) is 28.0 Å². The third kappa shape index (κ3) is 6.96. The van der Waals surface area contributed by atoms with E-state index in [1.54, 1.807) is 38.1 Å². The van der Waals surface area contributed by atoms with Crippen LogP contribution >= 0.6 is 23.2 Å². The van der Waals surface area contributed by atoms with Crippen molar-refractivity contribution < 1.29 is 14.7 Å². The van der Waals surface area contributed by atoms with Crippen LogP contribution in [0, 0.1) is 0 Å². The fourth-order valence-electron chi connectivity index (χ4n) is 1.91. The van der Waals surface area contributed by atoms with Gasteiger partial charge in [0.25, 0.3) is 5.91 Å². The second kappa shape index (κ2) is 10.6. The first-order chi connectivity index (χ1) is 12.7. The second-order valence-electron chi connectivity index (χ2n) is 5.60. The van der Waals surface area contributed by atoms with Crippen LogP contribution in [-0.2, 0) is 16.1 Å². The van der Waals surface area contributed by atoms with Crippen LogP contribution in [0.25, 0.3) is 0 Å². The molecular formula is C18H22Cl2N4O3. The number of nitrogens with one attached hydrogen (secondary N) is 2. The van der Waals surface area contributed by atoms with Crippen LogP contribution in [-0.4, -0.2) is 28.7 Å². The van der Waals surface area contributed by atoms with Crippen molar-refractivity contribution in [3.05, 3.63) is 57.5 Å². The molecule has 0 radical (unpaired) electrons. The predicted octanol–water partition coefficient (Wildman–Crippen LogP) is 2.84. The van der Waals surface area contributed by atoms with Crippen LogP contribution in [0.3, 0.4) is 0 Å². The van der Waals surface area contributed by atoms with Crippen molar-refractivity contribution >= 4 is 40.8 Å². The number of hydrogen-bond acceptors (Lipinski definition) is 5. The Bertz CT molecular complexity index is 804. The Hall–Kier alpha value is -2.51. The van der Waals surface area contributed by atoms with E-state index >= 15 is 0 Å². The van der Waals surface area contributed by atoms with E-state index in [1.165, 1.54) is 13.1 Å². The molecule has 1 aromatic rings. The zero-order valence-corrected chi connectivity index (χ0v) is 16.7. The standard InChI is InChI=1S/C18H22Cl2N4O3/c1-4-15(22-9-12-5-6-13(19)14(20)7-12)24-17(25)16(10(2)8-21)23-11(3)18(26)27/h4-8,11,22H,9,21H2,1-3H3,(H,24,25)(H,26,27)/b10-8?,15-4+,23-16?. The fraction of sp³-hybridized carbons (Fsp3) is 0.278. The van der Waals surface area contributed by atoms with Gasteiger partial charge in [-0.15, -0.1) is 0 Å². The van der Waals surface area contributed by atoms with Crippen molar-refractivity contribution in [1.29, 1.82) is 0 Å². The maximum Gasteiger partial charge on any atom is 0.328 e. The Labute approximate surface area is 167 Å². The minimum absolute atomic E-state index is 0.0527. The average Bonchev–Trinajstić information content (AvgIpc) is 2.64. The van der Waals surface area contributed by atoms with Crippen LogP contribution < -0.4 is 16.4 Å². The molecule has 0 aliphatic heterocycles. The Morgan fingerprint density at radius 2 is 2.00 bits per heavy atom. The van der Waals surface area contributed by atoms with Crippen LogP contribution in [0.1, 0.15) is 26.3 Å². The van der Waals surface area contributed by atoms with Gasteiger partial charge in [-0.3, -0.25) is 9.79 Å². The third-order valence-electron chi connectivity index (χ3n) is 3.52. The number of aliphatic imine (C=N–C) groups is 1. The van der Waals surface area contributed by atoms with Gasteiger partial charge in [-0.2, -0.15) is 0 Å². The van der Waals surface area contributed by atoms with Crippen molar-refractivity contribution in [2.24, 2.45) is 10.7 Å². The molecule has 0 heterocycles. The number of rotatable bonds is 8. The number of nitrogens with zero attached hydrogens (tertiary/aromatic N) is 1. The number of carbonyl (C=O) groups excluding carboxylic acids is 1. The fourth-order valence-corrected chi connectivity index (χ4v) is 2.23. The van der Waals surface area contributed by atoms with Gasteiger partial charge in [0.15, 0.2) is 0 Å². The lowest BCUT2D eigenvalue weighted by atomic mass is 10.1. The molecule has 5 N–H and O–H groups in total. The number of halogens is 2. The molecule has 0 aliphatic rings. The monoisotopic (exact) mass is 412 g/mol. The largest absolute Gasteiger partial charge is 0.480 e. The van der Waals surface area contributed by atoms with E-state index < -0.39 is 17.9 Å². The summed E-state index contributed by atoms with van der Waals surface area (Å²) in [5.41, 5.74) is 6.64. The molecule has 0 aromatic heterocycles. The smallest absolute Gasteiger partial charge is 0.328 e. The molecule has 1 amide bonds. The molecule has 9 heteroatoms. The first kappa shape index (κ1) is 22.5. The van der Waals surface area contributed by atoms with Crippen LogP contribution in [0.2, 0.25) is 10.0 Å². The minimum atomic E-state index is -1.14. The second-order valence-corrected chi connectivity index (χ2v) is 6.41. The molecule has 1 aromatic carbocycles. The Morgan fingerprint density at radius 3 is 2.52 bits per heavy atom. The summed E-state index contributed by atoms with van der Waals surface area (Å²) in [6.45, 7) is 5.07. The predicted molar refractivity (Wildman–Crippen MR) is 108 cm³/mol. The lowest BCUT2D eigenvalue weighted by Crippen LogP contribution is -2.37. The molecule has 1 rings (SSSR count). The van der Waals surface area contributed by atoms with Crippen molar-refractivity contribution in [2.45, 2.75) is 33.4 Å². The Morgan fingerprint density at radius 1 is 1.33 bits per heavy atom. The summed E-state index contributed by atoms with van der Waals surface area (Å²) >= 11 is 11.9. The molecule has 27 heavy (non-hydrogen) atoms. The number of allylic oxidation sites excluding steroid dienone is 1. The molecular weight excluding hydrogens is 391 g/mol. The summed E-state index contributed by atoms with van der Waals surface area (Å²) in [5, 5.41) is 15.6. The van der Waals surface area contributed by atoms with E-state index in [4.69, 9.17) is 34.0 Å². The first-order valence-electron chi connectivity index (χ1n) is 8.04. The van der Waals surface area contributed by atoms with Gasteiger partial charge < -0.3 is 21.5 Å². The molecule has 1 unspecified atom stereocenters. The number of carboxylic acid groups (broad SMARTS) is 1. The van der Waals surface area contributed by atoms with Gasteiger partial charge in [0.1, 0.15) is 17.6 Å². The number of carbonyl (C=O) groups is 2. The first-order valence-corrected chi connectivity index (χ1v) is 8.80. The topological polar surface area (TPSA) is 117 Å². The molecule has 0 bridgehead atoms. The number of benzene rings is 1. The molecule has 0 saturated carbocycles.